The maximum Gasteiger partial charge on any atom is 0.269 e. The lowest BCUT2D eigenvalue weighted by Gasteiger charge is -2.37. The van der Waals surface area contributed by atoms with E-state index in [0.717, 1.165) is 28.8 Å². The molecular weight excluding hydrogens is 438 g/mol. The highest BCUT2D eigenvalue weighted by atomic mass is 32.2. The predicted octanol–water partition coefficient (Wildman–Crippen LogP) is 4.90. The molecule has 33 heavy (non-hydrogen) atoms. The second-order valence-electron chi connectivity index (χ2n) is 8.39. The minimum atomic E-state index is -3.68. The molecule has 8 heteroatoms. The van der Waals surface area contributed by atoms with Crippen LogP contribution in [-0.2, 0) is 16.6 Å². The van der Waals surface area contributed by atoms with Gasteiger partial charge >= 0.3 is 0 Å². The quantitative estimate of drug-likeness (QED) is 0.309. The zero-order valence-electron chi connectivity index (χ0n) is 17.7. The van der Waals surface area contributed by atoms with Crippen LogP contribution in [0.3, 0.4) is 0 Å². The van der Waals surface area contributed by atoms with E-state index < -0.39 is 10.0 Å². The molecule has 1 aliphatic carbocycles. The van der Waals surface area contributed by atoms with Crippen molar-refractivity contribution in [2.45, 2.75) is 29.8 Å². The summed E-state index contributed by atoms with van der Waals surface area (Å²) in [5, 5.41) is 14.8. The molecule has 1 aliphatic heterocycles. The topological polar surface area (TPSA) is 101 Å². The standard InChI is InChI=1S/C25H23N3O4S/c29-28(30)19-9-4-8-18(14-19)25-22-11-5-10-21(22)23-15-20(12-13-24(23)27-25)33(31,32)26-16-17-6-2-1-3-7-17/h1-10,12-15,21-22,25-27H,11,16H2. The van der Waals surface area contributed by atoms with E-state index in [0.29, 0.717) is 0 Å². The van der Waals surface area contributed by atoms with Crippen LogP contribution < -0.4 is 10.0 Å². The summed E-state index contributed by atoms with van der Waals surface area (Å²) in [5.41, 5.74) is 3.59. The van der Waals surface area contributed by atoms with Gasteiger partial charge in [0.05, 0.1) is 15.9 Å². The van der Waals surface area contributed by atoms with Crippen LogP contribution in [0.15, 0.2) is 89.8 Å². The Morgan fingerprint density at radius 1 is 1.03 bits per heavy atom. The number of fused-ring (bicyclic) bond motifs is 3. The SMILES string of the molecule is O=[N+]([O-])c1cccc(C2Nc3ccc(S(=O)(=O)NCc4ccccc4)cc3C3C=CCC32)c1. The van der Waals surface area contributed by atoms with Gasteiger partial charge in [-0.3, -0.25) is 10.1 Å². The van der Waals surface area contributed by atoms with Crippen molar-refractivity contribution in [3.8, 4) is 0 Å². The van der Waals surface area contributed by atoms with Gasteiger partial charge in [0.2, 0.25) is 10.0 Å². The molecule has 3 atom stereocenters. The Bertz CT molecular complexity index is 1340. The van der Waals surface area contributed by atoms with Crippen molar-refractivity contribution >= 4 is 21.4 Å². The van der Waals surface area contributed by atoms with Gasteiger partial charge in [0, 0.05) is 30.3 Å². The molecule has 0 saturated heterocycles. The molecule has 5 rings (SSSR count). The summed E-state index contributed by atoms with van der Waals surface area (Å²) < 4.78 is 28.6. The molecule has 0 spiro atoms. The Morgan fingerprint density at radius 3 is 2.64 bits per heavy atom. The molecule has 0 bridgehead atoms. The van der Waals surface area contributed by atoms with Crippen molar-refractivity contribution < 1.29 is 13.3 Å². The number of anilines is 1. The second-order valence-corrected chi connectivity index (χ2v) is 10.2. The summed E-state index contributed by atoms with van der Waals surface area (Å²) in [5.74, 6) is 0.185. The lowest BCUT2D eigenvalue weighted by atomic mass is 9.77. The van der Waals surface area contributed by atoms with Gasteiger partial charge in [-0.05, 0) is 47.2 Å². The van der Waals surface area contributed by atoms with E-state index in [1.54, 1.807) is 30.3 Å². The Kier molecular flexibility index (Phi) is 5.47. The third kappa shape index (κ3) is 4.15. The van der Waals surface area contributed by atoms with E-state index in [1.165, 1.54) is 6.07 Å². The van der Waals surface area contributed by atoms with E-state index in [4.69, 9.17) is 0 Å². The monoisotopic (exact) mass is 461 g/mol. The van der Waals surface area contributed by atoms with Gasteiger partial charge in [-0.1, -0.05) is 54.6 Å². The second kappa shape index (κ2) is 8.46. The van der Waals surface area contributed by atoms with Crippen LogP contribution >= 0.6 is 0 Å². The van der Waals surface area contributed by atoms with Crippen LogP contribution in [-0.4, -0.2) is 13.3 Å². The number of nitrogens with one attached hydrogen (secondary N) is 2. The Balaban J connectivity index is 1.44. The summed E-state index contributed by atoms with van der Waals surface area (Å²) in [7, 11) is -3.68. The first kappa shape index (κ1) is 21.4. The van der Waals surface area contributed by atoms with E-state index in [-0.39, 0.29) is 39.9 Å². The van der Waals surface area contributed by atoms with Gasteiger partial charge in [0.15, 0.2) is 0 Å². The van der Waals surface area contributed by atoms with E-state index >= 15 is 0 Å². The van der Waals surface area contributed by atoms with Crippen molar-refractivity contribution in [2.24, 2.45) is 5.92 Å². The smallest absolute Gasteiger partial charge is 0.269 e. The van der Waals surface area contributed by atoms with Crippen LogP contribution in [0.25, 0.3) is 0 Å². The Labute approximate surface area is 192 Å². The highest BCUT2D eigenvalue weighted by molar-refractivity contribution is 7.89. The van der Waals surface area contributed by atoms with E-state index in [1.807, 2.05) is 36.4 Å². The van der Waals surface area contributed by atoms with Crippen LogP contribution in [0.1, 0.15) is 35.1 Å². The number of nitro benzene ring substituents is 1. The zero-order chi connectivity index (χ0) is 23.0. The number of non-ortho nitro benzene ring substituents is 1. The molecule has 0 radical (unpaired) electrons. The first-order chi connectivity index (χ1) is 15.9. The van der Waals surface area contributed by atoms with E-state index in [9.17, 15) is 18.5 Å². The van der Waals surface area contributed by atoms with Gasteiger partial charge in [-0.25, -0.2) is 13.1 Å². The molecule has 1 heterocycles. The first-order valence-corrected chi connectivity index (χ1v) is 12.3. The largest absolute Gasteiger partial charge is 0.378 e. The van der Waals surface area contributed by atoms with Crippen LogP contribution in [0.5, 0.6) is 0 Å². The molecule has 0 aromatic heterocycles. The molecule has 7 nitrogen and oxygen atoms in total. The molecular formula is C25H23N3O4S. The minimum absolute atomic E-state index is 0.0368. The summed E-state index contributed by atoms with van der Waals surface area (Å²) in [6.07, 6.45) is 5.03. The van der Waals surface area contributed by atoms with Crippen LogP contribution in [0.4, 0.5) is 11.4 Å². The number of allylic oxidation sites excluding steroid dienone is 2. The number of hydrogen-bond acceptors (Lipinski definition) is 5. The van der Waals surface area contributed by atoms with Crippen molar-refractivity contribution in [3.05, 3.63) is 112 Å². The van der Waals surface area contributed by atoms with Gasteiger partial charge in [-0.2, -0.15) is 0 Å². The molecule has 0 saturated carbocycles. The lowest BCUT2D eigenvalue weighted by Crippen LogP contribution is -2.30. The molecule has 0 fully saturated rings. The molecule has 2 N–H and O–H groups in total. The van der Waals surface area contributed by atoms with Crippen LogP contribution in [0, 0.1) is 16.0 Å². The summed E-state index contributed by atoms with van der Waals surface area (Å²) in [4.78, 5) is 11.1. The third-order valence-corrected chi connectivity index (χ3v) is 7.79. The summed E-state index contributed by atoms with van der Waals surface area (Å²) in [6, 6.07) is 21.1. The number of benzene rings is 3. The number of rotatable bonds is 6. The predicted molar refractivity (Wildman–Crippen MR) is 126 cm³/mol. The van der Waals surface area contributed by atoms with Gasteiger partial charge in [0.25, 0.3) is 5.69 Å². The minimum Gasteiger partial charge on any atom is -0.378 e. The maximum absolute atomic E-state index is 13.0. The van der Waals surface area contributed by atoms with E-state index in [2.05, 4.69) is 22.2 Å². The normalized spacial score (nSPS) is 21.2. The molecule has 2 aliphatic rings. The van der Waals surface area contributed by atoms with Gasteiger partial charge < -0.3 is 5.32 Å². The van der Waals surface area contributed by atoms with Crippen molar-refractivity contribution in [3.63, 3.8) is 0 Å². The fraction of sp³-hybridized carbons (Fsp3) is 0.200. The Morgan fingerprint density at radius 2 is 1.85 bits per heavy atom. The molecule has 0 amide bonds. The first-order valence-electron chi connectivity index (χ1n) is 10.8. The number of sulfonamides is 1. The number of nitro groups is 1. The highest BCUT2D eigenvalue weighted by Gasteiger charge is 2.38. The average molecular weight is 462 g/mol. The highest BCUT2D eigenvalue weighted by Crippen LogP contribution is 2.50. The van der Waals surface area contributed by atoms with Gasteiger partial charge in [-0.15, -0.1) is 0 Å². The molecule has 3 aromatic carbocycles. The Hall–Kier alpha value is -3.49. The molecule has 3 unspecified atom stereocenters. The fourth-order valence-corrected chi connectivity index (χ4v) is 5.81. The van der Waals surface area contributed by atoms with Crippen LogP contribution in [0.2, 0.25) is 0 Å². The zero-order valence-corrected chi connectivity index (χ0v) is 18.5. The molecule has 3 aromatic rings. The fourth-order valence-electron chi connectivity index (χ4n) is 4.76. The van der Waals surface area contributed by atoms with Crippen molar-refractivity contribution in [2.75, 3.05) is 5.32 Å². The number of nitrogens with zero attached hydrogens (tertiary/aromatic N) is 1. The number of hydrogen-bond donors (Lipinski definition) is 2. The summed E-state index contributed by atoms with van der Waals surface area (Å²) >= 11 is 0. The van der Waals surface area contributed by atoms with Crippen molar-refractivity contribution in [1.29, 1.82) is 0 Å². The third-order valence-electron chi connectivity index (χ3n) is 6.39. The average Bonchev–Trinajstić information content (AvgIpc) is 3.33. The van der Waals surface area contributed by atoms with Crippen molar-refractivity contribution in [1.82, 2.24) is 4.72 Å². The summed E-state index contributed by atoms with van der Waals surface area (Å²) in [6.45, 7) is 0.222. The lowest BCUT2D eigenvalue weighted by molar-refractivity contribution is -0.384. The maximum atomic E-state index is 13.0. The molecule has 168 valence electrons. The van der Waals surface area contributed by atoms with Gasteiger partial charge in [0.1, 0.15) is 0 Å².